The lowest BCUT2D eigenvalue weighted by atomic mass is 10.2. The number of rotatable bonds is 3. The summed E-state index contributed by atoms with van der Waals surface area (Å²) in [5, 5.41) is 0.493. The van der Waals surface area contributed by atoms with Gasteiger partial charge in [-0.1, -0.05) is 23.7 Å². The zero-order valence-electron chi connectivity index (χ0n) is 10.9. The summed E-state index contributed by atoms with van der Waals surface area (Å²) in [5.74, 6) is -0.626. The Morgan fingerprint density at radius 2 is 1.75 bits per heavy atom. The maximum atomic E-state index is 13.5. The fourth-order valence-corrected chi connectivity index (χ4v) is 3.39. The molecule has 0 aliphatic heterocycles. The Kier molecular flexibility index (Phi) is 4.01. The number of para-hydroxylation sites is 1. The van der Waals surface area contributed by atoms with Crippen molar-refractivity contribution < 1.29 is 12.8 Å². The fourth-order valence-electron chi connectivity index (χ4n) is 1.79. The summed E-state index contributed by atoms with van der Waals surface area (Å²) in [6, 6.07) is 8.65. The summed E-state index contributed by atoms with van der Waals surface area (Å²) >= 11 is 5.95. The molecule has 0 amide bonds. The van der Waals surface area contributed by atoms with Crippen LogP contribution in [0.2, 0.25) is 5.02 Å². The third-order valence-corrected chi connectivity index (χ3v) is 4.78. The van der Waals surface area contributed by atoms with E-state index in [1.54, 1.807) is 26.0 Å². The summed E-state index contributed by atoms with van der Waals surface area (Å²) in [7, 11) is -3.85. The van der Waals surface area contributed by atoms with Crippen molar-refractivity contribution in [3.63, 3.8) is 0 Å². The van der Waals surface area contributed by atoms with Crippen LogP contribution in [0.3, 0.4) is 0 Å². The molecule has 0 unspecified atom stereocenters. The van der Waals surface area contributed by atoms with E-state index in [4.69, 9.17) is 11.6 Å². The van der Waals surface area contributed by atoms with E-state index in [2.05, 4.69) is 4.72 Å². The normalized spacial score (nSPS) is 11.4. The van der Waals surface area contributed by atoms with E-state index >= 15 is 0 Å². The molecule has 106 valence electrons. The lowest BCUT2D eigenvalue weighted by molar-refractivity contribution is 0.598. The van der Waals surface area contributed by atoms with Gasteiger partial charge in [0, 0.05) is 5.02 Å². The second-order valence-corrected chi connectivity index (χ2v) is 6.51. The molecule has 0 fully saturated rings. The zero-order chi connectivity index (χ0) is 14.9. The lowest BCUT2D eigenvalue weighted by Crippen LogP contribution is -2.15. The van der Waals surface area contributed by atoms with Gasteiger partial charge in [-0.15, -0.1) is 0 Å². The van der Waals surface area contributed by atoms with E-state index in [-0.39, 0.29) is 10.6 Å². The smallest absolute Gasteiger partial charge is 0.262 e. The van der Waals surface area contributed by atoms with Crippen LogP contribution >= 0.6 is 11.6 Å². The molecule has 20 heavy (non-hydrogen) atoms. The molecular weight excluding hydrogens is 301 g/mol. The van der Waals surface area contributed by atoms with E-state index in [0.717, 1.165) is 0 Å². The summed E-state index contributed by atoms with van der Waals surface area (Å²) in [4.78, 5) is 0.0858. The summed E-state index contributed by atoms with van der Waals surface area (Å²) < 4.78 is 40.4. The maximum Gasteiger partial charge on any atom is 0.262 e. The van der Waals surface area contributed by atoms with Gasteiger partial charge in [0.05, 0.1) is 10.6 Å². The number of hydrogen-bond donors (Lipinski definition) is 1. The van der Waals surface area contributed by atoms with E-state index < -0.39 is 15.8 Å². The van der Waals surface area contributed by atoms with Crippen molar-refractivity contribution in [1.82, 2.24) is 0 Å². The van der Waals surface area contributed by atoms with Gasteiger partial charge < -0.3 is 0 Å². The number of halogens is 2. The Bertz CT molecular complexity index is 760. The number of aryl methyl sites for hydroxylation is 2. The van der Waals surface area contributed by atoms with Gasteiger partial charge in [-0.2, -0.15) is 0 Å². The molecule has 0 aliphatic carbocycles. The third kappa shape index (κ3) is 2.94. The highest BCUT2D eigenvalue weighted by Gasteiger charge is 2.19. The molecule has 0 aliphatic rings. The molecule has 2 aromatic carbocycles. The number of sulfonamides is 1. The number of hydrogen-bond acceptors (Lipinski definition) is 2. The molecule has 2 rings (SSSR count). The first-order valence-corrected chi connectivity index (χ1v) is 7.71. The topological polar surface area (TPSA) is 46.2 Å². The van der Waals surface area contributed by atoms with Crippen LogP contribution in [0.4, 0.5) is 10.1 Å². The van der Waals surface area contributed by atoms with Gasteiger partial charge in [0.15, 0.2) is 0 Å². The zero-order valence-corrected chi connectivity index (χ0v) is 12.5. The van der Waals surface area contributed by atoms with Crippen LogP contribution in [0.25, 0.3) is 0 Å². The molecule has 0 saturated heterocycles. The van der Waals surface area contributed by atoms with Crippen LogP contribution in [0.5, 0.6) is 0 Å². The minimum atomic E-state index is -3.85. The average Bonchev–Trinajstić information content (AvgIpc) is 2.36. The number of anilines is 1. The number of benzene rings is 2. The van der Waals surface area contributed by atoms with Crippen molar-refractivity contribution >= 4 is 27.3 Å². The molecule has 0 spiro atoms. The van der Waals surface area contributed by atoms with Crippen molar-refractivity contribution in [1.29, 1.82) is 0 Å². The van der Waals surface area contributed by atoms with Gasteiger partial charge in [-0.25, -0.2) is 12.8 Å². The summed E-state index contributed by atoms with van der Waals surface area (Å²) in [6.07, 6.45) is 0. The second kappa shape index (κ2) is 5.42. The van der Waals surface area contributed by atoms with Crippen LogP contribution in [0, 0.1) is 19.7 Å². The predicted molar refractivity (Wildman–Crippen MR) is 78.1 cm³/mol. The van der Waals surface area contributed by atoms with Gasteiger partial charge in [0.2, 0.25) is 0 Å². The SMILES string of the molecule is Cc1cc(S(=O)(=O)Nc2ccccc2F)c(C)cc1Cl. The Morgan fingerprint density at radius 1 is 1.10 bits per heavy atom. The molecule has 0 atom stereocenters. The molecule has 0 aromatic heterocycles. The molecular formula is C14H13ClFNO2S. The first-order chi connectivity index (χ1) is 9.31. The van der Waals surface area contributed by atoms with Gasteiger partial charge in [-0.05, 0) is 49.2 Å². The highest BCUT2D eigenvalue weighted by atomic mass is 35.5. The van der Waals surface area contributed by atoms with Gasteiger partial charge in [0.1, 0.15) is 5.82 Å². The Labute approximate surface area is 122 Å². The number of nitrogens with one attached hydrogen (secondary N) is 1. The Morgan fingerprint density at radius 3 is 2.40 bits per heavy atom. The summed E-state index contributed by atoms with van der Waals surface area (Å²) in [5.41, 5.74) is 1.06. The highest BCUT2D eigenvalue weighted by Crippen LogP contribution is 2.26. The lowest BCUT2D eigenvalue weighted by Gasteiger charge is -2.12. The van der Waals surface area contributed by atoms with Gasteiger partial charge >= 0.3 is 0 Å². The van der Waals surface area contributed by atoms with E-state index in [1.807, 2.05) is 0 Å². The van der Waals surface area contributed by atoms with Gasteiger partial charge in [0.25, 0.3) is 10.0 Å². The Hall–Kier alpha value is -1.59. The first kappa shape index (κ1) is 14.8. The molecule has 0 radical (unpaired) electrons. The van der Waals surface area contributed by atoms with Crippen LogP contribution in [0.15, 0.2) is 41.3 Å². The molecule has 0 heterocycles. The monoisotopic (exact) mass is 313 g/mol. The molecule has 1 N–H and O–H groups in total. The predicted octanol–water partition coefficient (Wildman–Crippen LogP) is 3.90. The molecule has 0 saturated carbocycles. The molecule has 3 nitrogen and oxygen atoms in total. The van der Waals surface area contributed by atoms with E-state index in [0.29, 0.717) is 16.1 Å². The van der Waals surface area contributed by atoms with Crippen LogP contribution in [-0.2, 0) is 10.0 Å². The van der Waals surface area contributed by atoms with Crippen molar-refractivity contribution in [2.24, 2.45) is 0 Å². The standard InChI is InChI=1S/C14H13ClFNO2S/c1-9-8-14(10(2)7-11(9)15)20(18,19)17-13-6-4-3-5-12(13)16/h3-8,17H,1-2H3. The van der Waals surface area contributed by atoms with Crippen LogP contribution in [-0.4, -0.2) is 8.42 Å². The molecule has 0 bridgehead atoms. The van der Waals surface area contributed by atoms with E-state index in [9.17, 15) is 12.8 Å². The van der Waals surface area contributed by atoms with Crippen LogP contribution in [0.1, 0.15) is 11.1 Å². The van der Waals surface area contributed by atoms with Crippen molar-refractivity contribution in [2.75, 3.05) is 4.72 Å². The van der Waals surface area contributed by atoms with Crippen molar-refractivity contribution in [2.45, 2.75) is 18.7 Å². The highest BCUT2D eigenvalue weighted by molar-refractivity contribution is 7.92. The van der Waals surface area contributed by atoms with E-state index in [1.165, 1.54) is 24.3 Å². The molecule has 2 aromatic rings. The summed E-state index contributed by atoms with van der Waals surface area (Å²) in [6.45, 7) is 3.35. The first-order valence-electron chi connectivity index (χ1n) is 5.85. The minimum absolute atomic E-state index is 0.0838. The molecule has 6 heteroatoms. The largest absolute Gasteiger partial charge is 0.277 e. The van der Waals surface area contributed by atoms with Gasteiger partial charge in [-0.3, -0.25) is 4.72 Å². The average molecular weight is 314 g/mol. The fraction of sp³-hybridized carbons (Fsp3) is 0.143. The Balaban J connectivity index is 2.47. The van der Waals surface area contributed by atoms with Crippen LogP contribution < -0.4 is 4.72 Å². The van der Waals surface area contributed by atoms with Crippen molar-refractivity contribution in [3.8, 4) is 0 Å². The third-order valence-electron chi connectivity index (χ3n) is 2.86. The second-order valence-electron chi connectivity index (χ2n) is 4.45. The van der Waals surface area contributed by atoms with Crippen molar-refractivity contribution in [3.05, 3.63) is 58.4 Å². The minimum Gasteiger partial charge on any atom is -0.277 e. The quantitative estimate of drug-likeness (QED) is 0.934. The maximum absolute atomic E-state index is 13.5.